The molecule has 1 aromatic carbocycles. The SMILES string of the molecule is Cc1cc(NCCCN(C)C)nc(NC(=O)Nc2ccc3c(c2)OCCO3)n1. The number of aromatic nitrogens is 2. The molecule has 9 nitrogen and oxygen atoms in total. The van der Waals surface area contributed by atoms with Gasteiger partial charge in [0.2, 0.25) is 5.95 Å². The number of urea groups is 1. The number of fused-ring (bicyclic) bond motifs is 1. The van der Waals surface area contributed by atoms with Gasteiger partial charge in [-0.2, -0.15) is 4.98 Å². The highest BCUT2D eigenvalue weighted by molar-refractivity contribution is 5.98. The second kappa shape index (κ2) is 9.23. The van der Waals surface area contributed by atoms with Gasteiger partial charge in [-0.25, -0.2) is 9.78 Å². The summed E-state index contributed by atoms with van der Waals surface area (Å²) >= 11 is 0. The lowest BCUT2D eigenvalue weighted by atomic mass is 10.2. The van der Waals surface area contributed by atoms with E-state index >= 15 is 0 Å². The zero-order chi connectivity index (χ0) is 19.9. The van der Waals surface area contributed by atoms with Gasteiger partial charge < -0.3 is 25.0 Å². The summed E-state index contributed by atoms with van der Waals surface area (Å²) < 4.78 is 11.0. The van der Waals surface area contributed by atoms with Crippen LogP contribution >= 0.6 is 0 Å². The number of rotatable bonds is 7. The molecule has 1 aromatic heterocycles. The van der Waals surface area contributed by atoms with E-state index in [1.165, 1.54) is 0 Å². The Balaban J connectivity index is 1.57. The number of hydrogen-bond donors (Lipinski definition) is 3. The van der Waals surface area contributed by atoms with Crippen molar-refractivity contribution in [2.24, 2.45) is 0 Å². The smallest absolute Gasteiger partial charge is 0.326 e. The van der Waals surface area contributed by atoms with E-state index in [-0.39, 0.29) is 5.95 Å². The van der Waals surface area contributed by atoms with Crippen LogP contribution in [-0.4, -0.2) is 61.3 Å². The normalized spacial score (nSPS) is 12.6. The lowest BCUT2D eigenvalue weighted by molar-refractivity contribution is 0.171. The molecule has 0 radical (unpaired) electrons. The number of carbonyl (C=O) groups excluding carboxylic acids is 1. The number of anilines is 3. The first-order chi connectivity index (χ1) is 13.5. The number of aryl methyl sites for hydroxylation is 1. The Labute approximate surface area is 164 Å². The van der Waals surface area contributed by atoms with Crippen LogP contribution in [0.3, 0.4) is 0 Å². The van der Waals surface area contributed by atoms with E-state index in [1.807, 2.05) is 27.1 Å². The van der Waals surface area contributed by atoms with Crippen LogP contribution in [0.2, 0.25) is 0 Å². The molecule has 0 aliphatic carbocycles. The van der Waals surface area contributed by atoms with Gasteiger partial charge in [0.25, 0.3) is 0 Å². The van der Waals surface area contributed by atoms with E-state index in [2.05, 4.69) is 30.8 Å². The molecule has 1 aliphatic rings. The Morgan fingerprint density at radius 1 is 1.11 bits per heavy atom. The van der Waals surface area contributed by atoms with Crippen molar-refractivity contribution in [3.8, 4) is 11.5 Å². The van der Waals surface area contributed by atoms with Gasteiger partial charge in [-0.05, 0) is 46.1 Å². The van der Waals surface area contributed by atoms with Crippen LogP contribution in [0.25, 0.3) is 0 Å². The third-order valence-corrected chi connectivity index (χ3v) is 3.97. The molecule has 0 unspecified atom stereocenters. The summed E-state index contributed by atoms with van der Waals surface area (Å²) in [4.78, 5) is 23.1. The van der Waals surface area contributed by atoms with Crippen molar-refractivity contribution in [3.05, 3.63) is 30.0 Å². The highest BCUT2D eigenvalue weighted by Crippen LogP contribution is 2.32. The fourth-order valence-electron chi connectivity index (χ4n) is 2.71. The van der Waals surface area contributed by atoms with Gasteiger partial charge in [-0.1, -0.05) is 0 Å². The topological polar surface area (TPSA) is 101 Å². The molecule has 28 heavy (non-hydrogen) atoms. The fraction of sp³-hybridized carbons (Fsp3) is 0.421. The Bertz CT molecular complexity index is 827. The molecule has 0 saturated carbocycles. The van der Waals surface area contributed by atoms with Crippen LogP contribution < -0.4 is 25.4 Å². The van der Waals surface area contributed by atoms with Crippen LogP contribution in [-0.2, 0) is 0 Å². The van der Waals surface area contributed by atoms with E-state index < -0.39 is 6.03 Å². The number of carbonyl (C=O) groups is 1. The zero-order valence-corrected chi connectivity index (χ0v) is 16.4. The van der Waals surface area contributed by atoms with Gasteiger partial charge in [-0.3, -0.25) is 5.32 Å². The number of benzene rings is 1. The molecular formula is C19H26N6O3. The molecule has 2 aromatic rings. The molecule has 2 amide bonds. The monoisotopic (exact) mass is 386 g/mol. The van der Waals surface area contributed by atoms with E-state index in [0.29, 0.717) is 36.2 Å². The summed E-state index contributed by atoms with van der Waals surface area (Å²) in [6.07, 6.45) is 0.989. The quantitative estimate of drug-likeness (QED) is 0.629. The van der Waals surface area contributed by atoms with Crippen molar-refractivity contribution in [3.63, 3.8) is 0 Å². The molecule has 9 heteroatoms. The van der Waals surface area contributed by atoms with Crippen molar-refractivity contribution in [1.29, 1.82) is 0 Å². The maximum absolute atomic E-state index is 12.3. The van der Waals surface area contributed by atoms with Crippen molar-refractivity contribution in [2.45, 2.75) is 13.3 Å². The standard InChI is InChI=1S/C19H26N6O3/c1-13-11-17(20-7-4-8-25(2)3)23-18(21-13)24-19(26)22-14-5-6-15-16(12-14)28-10-9-27-15/h5-6,11-12H,4,7-10H2,1-3H3,(H3,20,21,22,23,24,26). The van der Waals surface area contributed by atoms with Gasteiger partial charge in [-0.15, -0.1) is 0 Å². The highest BCUT2D eigenvalue weighted by atomic mass is 16.6. The summed E-state index contributed by atoms with van der Waals surface area (Å²) in [5, 5.41) is 8.68. The number of amides is 2. The van der Waals surface area contributed by atoms with Crippen molar-refractivity contribution < 1.29 is 14.3 Å². The Hall–Kier alpha value is -3.07. The van der Waals surface area contributed by atoms with E-state index in [1.54, 1.807) is 18.2 Å². The number of hydrogen-bond acceptors (Lipinski definition) is 7. The van der Waals surface area contributed by atoms with E-state index in [4.69, 9.17) is 9.47 Å². The van der Waals surface area contributed by atoms with Crippen LogP contribution in [0.5, 0.6) is 11.5 Å². The van der Waals surface area contributed by atoms with E-state index in [0.717, 1.165) is 25.2 Å². The molecule has 0 spiro atoms. The van der Waals surface area contributed by atoms with Gasteiger partial charge in [0.1, 0.15) is 19.0 Å². The van der Waals surface area contributed by atoms with Crippen molar-refractivity contribution in [2.75, 3.05) is 56.3 Å². The molecule has 3 N–H and O–H groups in total. The molecule has 0 atom stereocenters. The number of nitrogens with one attached hydrogen (secondary N) is 3. The molecule has 0 fully saturated rings. The third kappa shape index (κ3) is 5.71. The summed E-state index contributed by atoms with van der Waals surface area (Å²) in [7, 11) is 4.08. The van der Waals surface area contributed by atoms with Crippen LogP contribution in [0.15, 0.2) is 24.3 Å². The predicted molar refractivity (Wildman–Crippen MR) is 109 cm³/mol. The maximum atomic E-state index is 12.3. The van der Waals surface area contributed by atoms with Crippen LogP contribution in [0, 0.1) is 6.92 Å². The van der Waals surface area contributed by atoms with Crippen LogP contribution in [0.4, 0.5) is 22.2 Å². The minimum atomic E-state index is -0.430. The van der Waals surface area contributed by atoms with Crippen molar-refractivity contribution >= 4 is 23.5 Å². The summed E-state index contributed by atoms with van der Waals surface area (Å²) in [6.45, 7) is 4.65. The minimum absolute atomic E-state index is 0.241. The Kier molecular flexibility index (Phi) is 6.49. The summed E-state index contributed by atoms with van der Waals surface area (Å²) in [6, 6.07) is 6.66. The highest BCUT2D eigenvalue weighted by Gasteiger charge is 2.13. The zero-order valence-electron chi connectivity index (χ0n) is 16.4. The maximum Gasteiger partial charge on any atom is 0.326 e. The molecule has 0 saturated heterocycles. The minimum Gasteiger partial charge on any atom is -0.486 e. The summed E-state index contributed by atoms with van der Waals surface area (Å²) in [5.41, 5.74) is 1.36. The van der Waals surface area contributed by atoms with Gasteiger partial charge in [0.15, 0.2) is 11.5 Å². The van der Waals surface area contributed by atoms with E-state index in [9.17, 15) is 4.79 Å². The first-order valence-electron chi connectivity index (χ1n) is 9.21. The third-order valence-electron chi connectivity index (χ3n) is 3.97. The second-order valence-corrected chi connectivity index (χ2v) is 6.74. The molecule has 150 valence electrons. The largest absolute Gasteiger partial charge is 0.486 e. The van der Waals surface area contributed by atoms with Crippen molar-refractivity contribution in [1.82, 2.24) is 14.9 Å². The van der Waals surface area contributed by atoms with Crippen LogP contribution in [0.1, 0.15) is 12.1 Å². The summed E-state index contributed by atoms with van der Waals surface area (Å²) in [5.74, 6) is 2.20. The van der Waals surface area contributed by atoms with Gasteiger partial charge in [0.05, 0.1) is 0 Å². The molecule has 0 bridgehead atoms. The molecule has 3 rings (SSSR count). The second-order valence-electron chi connectivity index (χ2n) is 6.74. The number of ether oxygens (including phenoxy) is 2. The Morgan fingerprint density at radius 3 is 2.68 bits per heavy atom. The predicted octanol–water partition coefficient (Wildman–Crippen LogP) is 2.56. The Morgan fingerprint density at radius 2 is 1.89 bits per heavy atom. The molecular weight excluding hydrogens is 360 g/mol. The average molecular weight is 386 g/mol. The molecule has 1 aliphatic heterocycles. The van der Waals surface area contributed by atoms with Gasteiger partial charge >= 0.3 is 6.03 Å². The number of nitrogens with zero attached hydrogens (tertiary/aromatic N) is 3. The lowest BCUT2D eigenvalue weighted by Gasteiger charge is -2.19. The first-order valence-corrected chi connectivity index (χ1v) is 9.21. The molecule has 2 heterocycles. The first kappa shape index (κ1) is 19.7. The fourth-order valence-corrected chi connectivity index (χ4v) is 2.71. The average Bonchev–Trinajstić information content (AvgIpc) is 2.64. The lowest BCUT2D eigenvalue weighted by Crippen LogP contribution is -2.22. The van der Waals surface area contributed by atoms with Gasteiger partial charge in [0, 0.05) is 30.1 Å².